The molecule has 37 heavy (non-hydrogen) atoms. The molecule has 2 N–H and O–H groups in total. The van der Waals surface area contributed by atoms with Gasteiger partial charge >= 0.3 is 6.18 Å². The second kappa shape index (κ2) is 12.0. The Morgan fingerprint density at radius 2 is 1.59 bits per heavy atom. The molecule has 1 aliphatic heterocycles. The van der Waals surface area contributed by atoms with Crippen LogP contribution in [-0.4, -0.2) is 38.4 Å². The molecule has 0 radical (unpaired) electrons. The number of alkyl halides is 3. The number of nitrogens with zero attached hydrogens (tertiary/aromatic N) is 1. The van der Waals surface area contributed by atoms with E-state index in [1.807, 2.05) is 18.2 Å². The topological polar surface area (TPSA) is 78.5 Å². The van der Waals surface area contributed by atoms with E-state index in [2.05, 4.69) is 27.1 Å². The zero-order valence-corrected chi connectivity index (χ0v) is 21.4. The highest BCUT2D eigenvalue weighted by molar-refractivity contribution is 7.92. The molecule has 4 rings (SSSR count). The second-order valence-electron chi connectivity index (χ2n) is 8.72. The molecule has 0 spiro atoms. The fraction of sp³-hybridized carbons (Fsp3) is 0.269. The average Bonchev–Trinajstić information content (AvgIpc) is 2.85. The summed E-state index contributed by atoms with van der Waals surface area (Å²) in [6.45, 7) is 2.50. The lowest BCUT2D eigenvalue weighted by atomic mass is 10.0. The van der Waals surface area contributed by atoms with Crippen LogP contribution in [0, 0.1) is 0 Å². The van der Waals surface area contributed by atoms with E-state index in [0.717, 1.165) is 50.7 Å². The van der Waals surface area contributed by atoms with Gasteiger partial charge in [0.05, 0.1) is 10.5 Å². The van der Waals surface area contributed by atoms with E-state index in [1.54, 1.807) is 0 Å². The molecule has 0 aromatic heterocycles. The maximum Gasteiger partial charge on any atom is 0.416 e. The molecule has 198 valence electrons. The highest BCUT2D eigenvalue weighted by Gasteiger charge is 2.31. The van der Waals surface area contributed by atoms with Gasteiger partial charge in [-0.1, -0.05) is 42.5 Å². The van der Waals surface area contributed by atoms with Crippen LogP contribution < -0.4 is 10.0 Å². The number of rotatable bonds is 7. The van der Waals surface area contributed by atoms with E-state index in [0.29, 0.717) is 0 Å². The Balaban J connectivity index is 0.00000380. The van der Waals surface area contributed by atoms with Gasteiger partial charge in [-0.05, 0) is 54.8 Å². The molecule has 0 saturated carbocycles. The van der Waals surface area contributed by atoms with E-state index >= 15 is 0 Å². The van der Waals surface area contributed by atoms with Crippen LogP contribution in [0.2, 0.25) is 0 Å². The SMILES string of the molecule is Cl.O=C(NC1CCN(Cc2ccccc2)CC1)c1cccc(S(=O)(=O)Nc2cccc(C(F)(F)F)c2)c1. The number of benzene rings is 3. The Morgan fingerprint density at radius 3 is 2.27 bits per heavy atom. The fourth-order valence-corrected chi connectivity index (χ4v) is 5.22. The van der Waals surface area contributed by atoms with Crippen LogP contribution >= 0.6 is 12.4 Å². The number of amides is 1. The first-order valence-corrected chi connectivity index (χ1v) is 13.0. The first-order valence-electron chi connectivity index (χ1n) is 11.5. The minimum atomic E-state index is -4.60. The summed E-state index contributed by atoms with van der Waals surface area (Å²) in [6, 6.07) is 19.5. The largest absolute Gasteiger partial charge is 0.416 e. The number of sulfonamides is 1. The van der Waals surface area contributed by atoms with Crippen LogP contribution in [0.4, 0.5) is 18.9 Å². The summed E-state index contributed by atoms with van der Waals surface area (Å²) in [4.78, 5) is 14.9. The van der Waals surface area contributed by atoms with Crippen molar-refractivity contribution in [2.75, 3.05) is 17.8 Å². The Bertz CT molecular complexity index is 1310. The lowest BCUT2D eigenvalue weighted by molar-refractivity contribution is -0.137. The van der Waals surface area contributed by atoms with E-state index in [9.17, 15) is 26.4 Å². The third-order valence-corrected chi connectivity index (χ3v) is 7.40. The number of piperidine rings is 1. The Labute approximate surface area is 220 Å². The summed E-state index contributed by atoms with van der Waals surface area (Å²) in [6.07, 6.45) is -3.06. The lowest BCUT2D eigenvalue weighted by Crippen LogP contribution is -2.44. The molecule has 1 aliphatic rings. The van der Waals surface area contributed by atoms with Gasteiger partial charge in [0.15, 0.2) is 0 Å². The predicted molar refractivity (Wildman–Crippen MR) is 138 cm³/mol. The van der Waals surface area contributed by atoms with Crippen LogP contribution in [0.15, 0.2) is 83.8 Å². The molecule has 0 unspecified atom stereocenters. The minimum absolute atomic E-state index is 0. The molecule has 0 atom stereocenters. The quantitative estimate of drug-likeness (QED) is 0.415. The molecular weight excluding hydrogens is 527 g/mol. The average molecular weight is 554 g/mol. The molecule has 11 heteroatoms. The molecule has 0 bridgehead atoms. The third kappa shape index (κ3) is 7.70. The molecule has 6 nitrogen and oxygen atoms in total. The van der Waals surface area contributed by atoms with E-state index < -0.39 is 27.7 Å². The van der Waals surface area contributed by atoms with Crippen LogP contribution in [0.25, 0.3) is 0 Å². The second-order valence-corrected chi connectivity index (χ2v) is 10.4. The third-order valence-electron chi connectivity index (χ3n) is 6.02. The predicted octanol–water partition coefficient (Wildman–Crippen LogP) is 5.32. The molecule has 3 aromatic carbocycles. The van der Waals surface area contributed by atoms with Crippen molar-refractivity contribution < 1.29 is 26.4 Å². The van der Waals surface area contributed by atoms with Gasteiger partial charge in [0.2, 0.25) is 0 Å². The van der Waals surface area contributed by atoms with Gasteiger partial charge in [-0.15, -0.1) is 12.4 Å². The van der Waals surface area contributed by atoms with Gasteiger partial charge < -0.3 is 5.32 Å². The highest BCUT2D eigenvalue weighted by Crippen LogP contribution is 2.31. The Kier molecular flexibility index (Phi) is 9.22. The number of hydrogen-bond acceptors (Lipinski definition) is 4. The van der Waals surface area contributed by atoms with Crippen molar-refractivity contribution >= 4 is 34.0 Å². The zero-order chi connectivity index (χ0) is 25.8. The van der Waals surface area contributed by atoms with Gasteiger partial charge in [0, 0.05) is 36.9 Å². The molecule has 3 aromatic rings. The number of anilines is 1. The van der Waals surface area contributed by atoms with Crippen molar-refractivity contribution in [2.24, 2.45) is 0 Å². The molecule has 1 saturated heterocycles. The summed E-state index contributed by atoms with van der Waals surface area (Å²) in [5.41, 5.74) is 0.206. The maximum absolute atomic E-state index is 13.0. The summed E-state index contributed by atoms with van der Waals surface area (Å²) in [7, 11) is -4.21. The fourth-order valence-electron chi connectivity index (χ4n) is 4.12. The molecular formula is C26H27ClF3N3O3S. The van der Waals surface area contributed by atoms with Gasteiger partial charge in [0.1, 0.15) is 0 Å². The summed E-state index contributed by atoms with van der Waals surface area (Å²) < 4.78 is 66.6. The van der Waals surface area contributed by atoms with Crippen molar-refractivity contribution in [3.63, 3.8) is 0 Å². The van der Waals surface area contributed by atoms with Crippen molar-refractivity contribution in [1.29, 1.82) is 0 Å². The van der Waals surface area contributed by atoms with Gasteiger partial charge in [-0.2, -0.15) is 13.2 Å². The van der Waals surface area contributed by atoms with Gasteiger partial charge in [-0.25, -0.2) is 8.42 Å². The summed E-state index contributed by atoms with van der Waals surface area (Å²) in [5, 5.41) is 2.97. The smallest absolute Gasteiger partial charge is 0.349 e. The molecule has 1 fully saturated rings. The standard InChI is InChI=1S/C26H26F3N3O3S.ClH/c27-26(28,29)21-9-5-10-23(17-21)31-36(34,35)24-11-4-8-20(16-24)25(33)30-22-12-14-32(15-13-22)18-19-6-2-1-3-7-19;/h1-11,16-17,22,31H,12-15,18H2,(H,30,33);1H. The van der Waals surface area contributed by atoms with E-state index in [4.69, 9.17) is 0 Å². The maximum atomic E-state index is 13.0. The van der Waals surface area contributed by atoms with Gasteiger partial charge in [0.25, 0.3) is 15.9 Å². The molecule has 0 aliphatic carbocycles. The van der Waals surface area contributed by atoms with Crippen LogP contribution in [0.3, 0.4) is 0 Å². The lowest BCUT2D eigenvalue weighted by Gasteiger charge is -2.32. The summed E-state index contributed by atoms with van der Waals surface area (Å²) >= 11 is 0. The Hall–Kier alpha value is -3.08. The Morgan fingerprint density at radius 1 is 0.919 bits per heavy atom. The number of hydrogen-bond donors (Lipinski definition) is 2. The number of likely N-dealkylation sites (tertiary alicyclic amines) is 1. The van der Waals surface area contributed by atoms with Crippen molar-refractivity contribution in [1.82, 2.24) is 10.2 Å². The monoisotopic (exact) mass is 553 g/mol. The van der Waals surface area contributed by atoms with Crippen molar-refractivity contribution in [3.8, 4) is 0 Å². The number of nitrogens with one attached hydrogen (secondary N) is 2. The first kappa shape index (κ1) is 28.5. The van der Waals surface area contributed by atoms with Crippen LogP contribution in [0.1, 0.15) is 34.3 Å². The number of carbonyl (C=O) groups excluding carboxylic acids is 1. The summed E-state index contributed by atoms with van der Waals surface area (Å²) in [5.74, 6) is -0.396. The van der Waals surface area contributed by atoms with Crippen molar-refractivity contribution in [3.05, 3.63) is 95.6 Å². The first-order chi connectivity index (χ1) is 17.1. The van der Waals surface area contributed by atoms with Gasteiger partial charge in [-0.3, -0.25) is 14.4 Å². The zero-order valence-electron chi connectivity index (χ0n) is 19.7. The molecule has 1 amide bonds. The number of halogens is 4. The van der Waals surface area contributed by atoms with E-state index in [-0.39, 0.29) is 34.6 Å². The minimum Gasteiger partial charge on any atom is -0.349 e. The van der Waals surface area contributed by atoms with Crippen LogP contribution in [0.5, 0.6) is 0 Å². The van der Waals surface area contributed by atoms with Crippen molar-refractivity contribution in [2.45, 2.75) is 36.5 Å². The number of carbonyl (C=O) groups is 1. The molecule has 1 heterocycles. The van der Waals surface area contributed by atoms with Crippen LogP contribution in [-0.2, 0) is 22.7 Å². The normalized spacial score (nSPS) is 15.0. The van der Waals surface area contributed by atoms with E-state index in [1.165, 1.54) is 35.9 Å². The highest BCUT2D eigenvalue weighted by atomic mass is 35.5.